The fourth-order valence-electron chi connectivity index (χ4n) is 2.33. The summed E-state index contributed by atoms with van der Waals surface area (Å²) in [5, 5.41) is 10.1. The predicted molar refractivity (Wildman–Crippen MR) is 131 cm³/mol. The van der Waals surface area contributed by atoms with E-state index in [4.69, 9.17) is 11.6 Å². The van der Waals surface area contributed by atoms with Crippen LogP contribution < -0.4 is 16.0 Å². The molecule has 0 aliphatic heterocycles. The molecule has 0 fully saturated rings. The van der Waals surface area contributed by atoms with Gasteiger partial charge in [-0.15, -0.1) is 35.7 Å². The molecule has 0 atom stereocenters. The molecule has 0 heterocycles. The lowest BCUT2D eigenvalue weighted by Crippen LogP contribution is -2.38. The normalized spacial score (nSPS) is 10.8. The van der Waals surface area contributed by atoms with Crippen LogP contribution in [0.4, 0.5) is 5.69 Å². The van der Waals surface area contributed by atoms with E-state index in [1.165, 1.54) is 11.8 Å². The van der Waals surface area contributed by atoms with Crippen LogP contribution in [0, 0.1) is 0 Å². The molecule has 0 aliphatic rings. The number of benzene rings is 2. The molecule has 0 bridgehead atoms. The molecule has 2 aromatic carbocycles. The molecule has 5 nitrogen and oxygen atoms in total. The van der Waals surface area contributed by atoms with Crippen LogP contribution in [0.3, 0.4) is 0 Å². The molecule has 0 saturated heterocycles. The van der Waals surface area contributed by atoms with E-state index in [0.29, 0.717) is 6.54 Å². The number of anilines is 1. The van der Waals surface area contributed by atoms with Gasteiger partial charge >= 0.3 is 0 Å². The zero-order chi connectivity index (χ0) is 19.5. The van der Waals surface area contributed by atoms with Crippen molar-refractivity contribution in [3.8, 4) is 0 Å². The van der Waals surface area contributed by atoms with Crippen molar-refractivity contribution in [2.45, 2.75) is 25.3 Å². The minimum absolute atomic E-state index is 0. The second-order valence-corrected chi connectivity index (χ2v) is 7.41. The summed E-state index contributed by atoms with van der Waals surface area (Å²) < 4.78 is 0. The molecule has 0 spiro atoms. The van der Waals surface area contributed by atoms with Crippen molar-refractivity contribution in [3.63, 3.8) is 0 Å². The van der Waals surface area contributed by atoms with Gasteiger partial charge in [0.1, 0.15) is 0 Å². The van der Waals surface area contributed by atoms with Crippen molar-refractivity contribution >= 4 is 64.9 Å². The Morgan fingerprint density at radius 1 is 1.14 bits per heavy atom. The highest BCUT2D eigenvalue weighted by atomic mass is 127. The highest BCUT2D eigenvalue weighted by Crippen LogP contribution is 2.19. The molecular formula is C20H26ClIN4OS. The van der Waals surface area contributed by atoms with Crippen LogP contribution in [0.5, 0.6) is 0 Å². The van der Waals surface area contributed by atoms with Crippen LogP contribution in [0.2, 0.25) is 5.02 Å². The second kappa shape index (κ2) is 13.7. The number of hydrogen-bond donors (Lipinski definition) is 3. The van der Waals surface area contributed by atoms with Crippen LogP contribution in [-0.4, -0.2) is 30.7 Å². The van der Waals surface area contributed by atoms with Crippen LogP contribution >= 0.6 is 47.3 Å². The lowest BCUT2D eigenvalue weighted by atomic mass is 10.2. The fourth-order valence-corrected chi connectivity index (χ4v) is 3.23. The van der Waals surface area contributed by atoms with Crippen molar-refractivity contribution in [1.29, 1.82) is 0 Å². The van der Waals surface area contributed by atoms with Crippen molar-refractivity contribution in [3.05, 3.63) is 59.1 Å². The fraction of sp³-hybridized carbons (Fsp3) is 0.300. The van der Waals surface area contributed by atoms with E-state index < -0.39 is 0 Å². The number of halogens is 2. The molecule has 8 heteroatoms. The number of aliphatic imine (C=N–C) groups is 1. The van der Waals surface area contributed by atoms with Crippen molar-refractivity contribution in [1.82, 2.24) is 10.6 Å². The largest absolute Gasteiger partial charge is 0.357 e. The minimum Gasteiger partial charge on any atom is -0.357 e. The number of thioether (sulfide) groups is 1. The smallest absolute Gasteiger partial charge is 0.221 e. The minimum atomic E-state index is -0.0798. The summed E-state index contributed by atoms with van der Waals surface area (Å²) in [6, 6.07) is 15.6. The SMILES string of the molecule is CCNC(=NCc1cccc(NC(C)=O)c1)NCCSc1ccc(Cl)cc1.I. The van der Waals surface area contributed by atoms with Gasteiger partial charge in [-0.05, 0) is 48.9 Å². The first-order valence-electron chi connectivity index (χ1n) is 8.84. The van der Waals surface area contributed by atoms with Gasteiger partial charge in [-0.1, -0.05) is 23.7 Å². The molecule has 0 radical (unpaired) electrons. The van der Waals surface area contributed by atoms with Crippen molar-refractivity contribution in [2.24, 2.45) is 4.99 Å². The van der Waals surface area contributed by atoms with E-state index in [2.05, 4.69) is 20.9 Å². The van der Waals surface area contributed by atoms with E-state index in [0.717, 1.165) is 41.1 Å². The van der Waals surface area contributed by atoms with Gasteiger partial charge in [0.05, 0.1) is 6.54 Å². The Balaban J connectivity index is 0.00000392. The Bertz CT molecular complexity index is 771. The molecule has 0 unspecified atom stereocenters. The second-order valence-electron chi connectivity index (χ2n) is 5.81. The first-order valence-corrected chi connectivity index (χ1v) is 10.2. The zero-order valence-electron chi connectivity index (χ0n) is 16.0. The highest BCUT2D eigenvalue weighted by Gasteiger charge is 2.01. The Kier molecular flexibility index (Phi) is 12.0. The Morgan fingerprint density at radius 2 is 1.89 bits per heavy atom. The number of nitrogens with zero attached hydrogens (tertiary/aromatic N) is 1. The van der Waals surface area contributed by atoms with E-state index in [9.17, 15) is 4.79 Å². The van der Waals surface area contributed by atoms with Gasteiger partial charge in [0.15, 0.2) is 5.96 Å². The third-order valence-corrected chi connectivity index (χ3v) is 4.75. The van der Waals surface area contributed by atoms with Crippen LogP contribution in [0.25, 0.3) is 0 Å². The number of carbonyl (C=O) groups excluding carboxylic acids is 1. The first kappa shape index (κ1) is 24.6. The maximum atomic E-state index is 11.2. The number of rotatable bonds is 8. The Morgan fingerprint density at radius 3 is 2.57 bits per heavy atom. The van der Waals surface area contributed by atoms with Gasteiger partial charge < -0.3 is 16.0 Å². The molecule has 0 aromatic heterocycles. The summed E-state index contributed by atoms with van der Waals surface area (Å²) in [6.45, 7) is 5.66. The highest BCUT2D eigenvalue weighted by molar-refractivity contribution is 14.0. The average Bonchev–Trinajstić information content (AvgIpc) is 2.64. The van der Waals surface area contributed by atoms with Gasteiger partial charge in [-0.2, -0.15) is 0 Å². The van der Waals surface area contributed by atoms with Crippen molar-refractivity contribution < 1.29 is 4.79 Å². The third kappa shape index (κ3) is 9.66. The van der Waals surface area contributed by atoms with E-state index in [1.807, 2.05) is 55.5 Å². The summed E-state index contributed by atoms with van der Waals surface area (Å²) in [7, 11) is 0. The first-order chi connectivity index (χ1) is 13.1. The monoisotopic (exact) mass is 532 g/mol. The van der Waals surface area contributed by atoms with E-state index >= 15 is 0 Å². The summed E-state index contributed by atoms with van der Waals surface area (Å²) in [4.78, 5) is 17.0. The molecule has 2 rings (SSSR count). The summed E-state index contributed by atoms with van der Waals surface area (Å²) in [6.07, 6.45) is 0. The molecule has 3 N–H and O–H groups in total. The Hall–Kier alpha value is -1.45. The number of nitrogens with one attached hydrogen (secondary N) is 3. The average molecular weight is 533 g/mol. The summed E-state index contributed by atoms with van der Waals surface area (Å²) >= 11 is 7.67. The maximum Gasteiger partial charge on any atom is 0.221 e. The van der Waals surface area contributed by atoms with Crippen molar-refractivity contribution in [2.75, 3.05) is 24.2 Å². The molecule has 1 amide bonds. The van der Waals surface area contributed by atoms with Gasteiger partial charge in [0.25, 0.3) is 0 Å². The van der Waals surface area contributed by atoms with Gasteiger partial charge in [0, 0.05) is 41.4 Å². The third-order valence-electron chi connectivity index (χ3n) is 3.49. The quantitative estimate of drug-likeness (QED) is 0.151. The number of carbonyl (C=O) groups is 1. The van der Waals surface area contributed by atoms with Crippen LogP contribution in [0.1, 0.15) is 19.4 Å². The lowest BCUT2D eigenvalue weighted by molar-refractivity contribution is -0.114. The summed E-state index contributed by atoms with van der Waals surface area (Å²) in [5.41, 5.74) is 1.82. The van der Waals surface area contributed by atoms with E-state index in [-0.39, 0.29) is 29.9 Å². The van der Waals surface area contributed by atoms with Gasteiger partial charge in [-0.3, -0.25) is 4.79 Å². The standard InChI is InChI=1S/C20H25ClN4OS.HI/c1-3-22-20(23-11-12-27-19-9-7-17(21)8-10-19)24-14-16-5-4-6-18(13-16)25-15(2)26;/h4-10,13H,3,11-12,14H2,1-2H3,(H,25,26)(H2,22,23,24);1H. The van der Waals surface area contributed by atoms with Crippen LogP contribution in [-0.2, 0) is 11.3 Å². The molecule has 0 saturated carbocycles. The Labute approximate surface area is 193 Å². The molecule has 28 heavy (non-hydrogen) atoms. The lowest BCUT2D eigenvalue weighted by Gasteiger charge is -2.11. The number of hydrogen-bond acceptors (Lipinski definition) is 3. The molecule has 152 valence electrons. The molecular weight excluding hydrogens is 507 g/mol. The van der Waals surface area contributed by atoms with Gasteiger partial charge in [0.2, 0.25) is 5.91 Å². The number of amides is 1. The topological polar surface area (TPSA) is 65.5 Å². The van der Waals surface area contributed by atoms with Gasteiger partial charge in [-0.25, -0.2) is 4.99 Å². The molecule has 2 aromatic rings. The number of guanidine groups is 1. The molecule has 0 aliphatic carbocycles. The summed E-state index contributed by atoms with van der Waals surface area (Å²) in [5.74, 6) is 1.62. The maximum absolute atomic E-state index is 11.2. The zero-order valence-corrected chi connectivity index (χ0v) is 19.9. The van der Waals surface area contributed by atoms with E-state index in [1.54, 1.807) is 11.8 Å². The van der Waals surface area contributed by atoms with Crippen LogP contribution in [0.15, 0.2) is 58.4 Å². The predicted octanol–water partition coefficient (Wildman–Crippen LogP) is 4.76.